The fraction of sp³-hybridized carbons (Fsp3) is 0.923. The zero-order valence-electron chi connectivity index (χ0n) is 11.0. The summed E-state index contributed by atoms with van der Waals surface area (Å²) in [6.45, 7) is 11.0. The summed E-state index contributed by atoms with van der Waals surface area (Å²) in [6, 6.07) is 0.179. The van der Waals surface area contributed by atoms with Crippen molar-refractivity contribution in [3.63, 3.8) is 0 Å². The zero-order chi connectivity index (χ0) is 12.3. The smallest absolute Gasteiger partial charge is 0.304 e. The fourth-order valence-corrected chi connectivity index (χ4v) is 2.59. The van der Waals surface area contributed by atoms with Crippen molar-refractivity contribution in [3.05, 3.63) is 0 Å². The van der Waals surface area contributed by atoms with E-state index in [4.69, 9.17) is 5.11 Å². The van der Waals surface area contributed by atoms with Crippen LogP contribution < -0.4 is 0 Å². The standard InChI is InChI=1S/C13H25NO2/c1-10(9-12(15)16)14-7-5-11(6-8-14)13(2,3)4/h10-11H,5-9H2,1-4H3,(H,15,16). The van der Waals surface area contributed by atoms with Gasteiger partial charge in [0.15, 0.2) is 0 Å². The molecule has 1 rings (SSSR count). The highest BCUT2D eigenvalue weighted by molar-refractivity contribution is 5.67. The maximum absolute atomic E-state index is 10.6. The molecular weight excluding hydrogens is 202 g/mol. The van der Waals surface area contributed by atoms with Gasteiger partial charge in [-0.25, -0.2) is 0 Å². The number of hydrogen-bond donors (Lipinski definition) is 1. The Morgan fingerprint density at radius 1 is 1.38 bits per heavy atom. The van der Waals surface area contributed by atoms with Crippen molar-refractivity contribution in [3.8, 4) is 0 Å². The van der Waals surface area contributed by atoms with Gasteiger partial charge in [-0.2, -0.15) is 0 Å². The van der Waals surface area contributed by atoms with Crippen LogP contribution in [0.2, 0.25) is 0 Å². The van der Waals surface area contributed by atoms with Gasteiger partial charge in [-0.3, -0.25) is 4.79 Å². The first-order valence-electron chi connectivity index (χ1n) is 6.26. The Balaban J connectivity index is 2.40. The lowest BCUT2D eigenvalue weighted by Crippen LogP contribution is -2.43. The fourth-order valence-electron chi connectivity index (χ4n) is 2.59. The molecule has 0 radical (unpaired) electrons. The Hall–Kier alpha value is -0.570. The molecule has 0 spiro atoms. The van der Waals surface area contributed by atoms with Gasteiger partial charge in [0.05, 0.1) is 6.42 Å². The molecule has 1 heterocycles. The van der Waals surface area contributed by atoms with Gasteiger partial charge in [-0.05, 0) is 44.2 Å². The second kappa shape index (κ2) is 5.17. The van der Waals surface area contributed by atoms with E-state index < -0.39 is 5.97 Å². The van der Waals surface area contributed by atoms with Crippen LogP contribution in [0.3, 0.4) is 0 Å². The molecule has 1 aliphatic rings. The number of carboxylic acid groups (broad SMARTS) is 1. The van der Waals surface area contributed by atoms with Crippen LogP contribution in [-0.4, -0.2) is 35.1 Å². The van der Waals surface area contributed by atoms with Crippen LogP contribution in [0.4, 0.5) is 0 Å². The molecule has 0 aliphatic carbocycles. The molecule has 1 fully saturated rings. The molecule has 0 aromatic carbocycles. The van der Waals surface area contributed by atoms with E-state index in [1.807, 2.05) is 6.92 Å². The topological polar surface area (TPSA) is 40.5 Å². The third-order valence-corrected chi connectivity index (χ3v) is 3.85. The summed E-state index contributed by atoms with van der Waals surface area (Å²) in [6.07, 6.45) is 2.67. The zero-order valence-corrected chi connectivity index (χ0v) is 11.0. The monoisotopic (exact) mass is 227 g/mol. The Kier molecular flexibility index (Phi) is 4.36. The number of likely N-dealkylation sites (tertiary alicyclic amines) is 1. The summed E-state index contributed by atoms with van der Waals surface area (Å²) in [5.41, 5.74) is 0.391. The van der Waals surface area contributed by atoms with Crippen LogP contribution >= 0.6 is 0 Å². The van der Waals surface area contributed by atoms with Crippen LogP contribution in [0, 0.1) is 11.3 Å². The molecular formula is C13H25NO2. The van der Waals surface area contributed by atoms with Gasteiger partial charge in [0.2, 0.25) is 0 Å². The predicted octanol–water partition coefficient (Wildman–Crippen LogP) is 2.61. The van der Waals surface area contributed by atoms with E-state index in [0.29, 0.717) is 5.41 Å². The Morgan fingerprint density at radius 2 is 1.88 bits per heavy atom. The van der Waals surface area contributed by atoms with Crippen LogP contribution in [0.1, 0.15) is 47.0 Å². The highest BCUT2D eigenvalue weighted by atomic mass is 16.4. The first-order chi connectivity index (χ1) is 7.30. The second-order valence-electron chi connectivity index (χ2n) is 6.12. The van der Waals surface area contributed by atoms with Gasteiger partial charge in [0.25, 0.3) is 0 Å². The van der Waals surface area contributed by atoms with E-state index in [9.17, 15) is 4.79 Å². The number of nitrogens with zero attached hydrogens (tertiary/aromatic N) is 1. The van der Waals surface area contributed by atoms with Crippen molar-refractivity contribution < 1.29 is 9.90 Å². The molecule has 1 aliphatic heterocycles. The van der Waals surface area contributed by atoms with Gasteiger partial charge < -0.3 is 10.0 Å². The minimum absolute atomic E-state index is 0.179. The highest BCUT2D eigenvalue weighted by Crippen LogP contribution is 2.34. The maximum Gasteiger partial charge on any atom is 0.304 e. The lowest BCUT2D eigenvalue weighted by atomic mass is 9.75. The molecule has 3 heteroatoms. The van der Waals surface area contributed by atoms with Gasteiger partial charge in [0.1, 0.15) is 0 Å². The largest absolute Gasteiger partial charge is 0.481 e. The van der Waals surface area contributed by atoms with E-state index in [1.165, 1.54) is 12.8 Å². The summed E-state index contributed by atoms with van der Waals surface area (Å²) in [4.78, 5) is 13.0. The number of hydrogen-bond acceptors (Lipinski definition) is 2. The number of rotatable bonds is 3. The SMILES string of the molecule is CC(CC(=O)O)N1CCC(C(C)(C)C)CC1. The Morgan fingerprint density at radius 3 is 2.25 bits per heavy atom. The minimum atomic E-state index is -0.689. The van der Waals surface area contributed by atoms with Crippen molar-refractivity contribution in [2.75, 3.05) is 13.1 Å². The van der Waals surface area contributed by atoms with Crippen molar-refractivity contribution >= 4 is 5.97 Å². The summed E-state index contributed by atoms with van der Waals surface area (Å²) >= 11 is 0. The molecule has 0 bridgehead atoms. The number of carbonyl (C=O) groups is 1. The molecule has 1 N–H and O–H groups in total. The average molecular weight is 227 g/mol. The normalized spacial score (nSPS) is 22.0. The quantitative estimate of drug-likeness (QED) is 0.805. The van der Waals surface area contributed by atoms with Crippen LogP contribution in [-0.2, 0) is 4.79 Å². The molecule has 0 aromatic rings. The minimum Gasteiger partial charge on any atom is -0.481 e. The Bertz CT molecular complexity index is 237. The number of aliphatic carboxylic acids is 1. The maximum atomic E-state index is 10.6. The third kappa shape index (κ3) is 3.78. The molecule has 1 atom stereocenters. The van der Waals surface area contributed by atoms with Crippen LogP contribution in [0.25, 0.3) is 0 Å². The van der Waals surface area contributed by atoms with Crippen LogP contribution in [0.5, 0.6) is 0 Å². The van der Waals surface area contributed by atoms with Gasteiger partial charge in [-0.15, -0.1) is 0 Å². The third-order valence-electron chi connectivity index (χ3n) is 3.85. The van der Waals surface area contributed by atoms with Crippen molar-refractivity contribution in [2.24, 2.45) is 11.3 Å². The molecule has 0 amide bonds. The summed E-state index contributed by atoms with van der Waals surface area (Å²) in [7, 11) is 0. The van der Waals surface area contributed by atoms with E-state index in [0.717, 1.165) is 19.0 Å². The molecule has 1 unspecified atom stereocenters. The molecule has 1 saturated heterocycles. The molecule has 0 aromatic heterocycles. The summed E-state index contributed by atoms with van der Waals surface area (Å²) in [5.74, 6) is 0.0891. The van der Waals surface area contributed by atoms with Crippen LogP contribution in [0.15, 0.2) is 0 Å². The highest BCUT2D eigenvalue weighted by Gasteiger charge is 2.30. The van der Waals surface area contributed by atoms with Gasteiger partial charge >= 0.3 is 5.97 Å². The Labute approximate surface area is 98.8 Å². The van der Waals surface area contributed by atoms with Crippen molar-refractivity contribution in [2.45, 2.75) is 53.0 Å². The second-order valence-corrected chi connectivity index (χ2v) is 6.12. The number of piperidine rings is 1. The lowest BCUT2D eigenvalue weighted by molar-refractivity contribution is -0.138. The van der Waals surface area contributed by atoms with E-state index in [-0.39, 0.29) is 12.5 Å². The van der Waals surface area contributed by atoms with Crippen molar-refractivity contribution in [1.82, 2.24) is 4.90 Å². The molecule has 3 nitrogen and oxygen atoms in total. The van der Waals surface area contributed by atoms with Gasteiger partial charge in [-0.1, -0.05) is 20.8 Å². The van der Waals surface area contributed by atoms with E-state index in [1.54, 1.807) is 0 Å². The van der Waals surface area contributed by atoms with E-state index >= 15 is 0 Å². The predicted molar refractivity (Wildman–Crippen MR) is 65.5 cm³/mol. The first-order valence-corrected chi connectivity index (χ1v) is 6.26. The summed E-state index contributed by atoms with van der Waals surface area (Å²) in [5, 5.41) is 8.77. The van der Waals surface area contributed by atoms with E-state index in [2.05, 4.69) is 25.7 Å². The van der Waals surface area contributed by atoms with Gasteiger partial charge in [0, 0.05) is 6.04 Å². The number of carboxylic acids is 1. The van der Waals surface area contributed by atoms with Crippen molar-refractivity contribution in [1.29, 1.82) is 0 Å². The average Bonchev–Trinajstić information content (AvgIpc) is 2.15. The molecule has 0 saturated carbocycles. The first kappa shape index (κ1) is 13.5. The lowest BCUT2D eigenvalue weighted by Gasteiger charge is -2.40. The molecule has 94 valence electrons. The summed E-state index contributed by atoms with van der Waals surface area (Å²) < 4.78 is 0. The molecule has 16 heavy (non-hydrogen) atoms.